The van der Waals surface area contributed by atoms with Gasteiger partial charge in [0.05, 0.1) is 26.2 Å². The Labute approximate surface area is 142 Å². The quantitative estimate of drug-likeness (QED) is 0.391. The zero-order valence-corrected chi connectivity index (χ0v) is 14.4. The summed E-state index contributed by atoms with van der Waals surface area (Å²) >= 11 is 0. The molecule has 6 heteroatoms. The Morgan fingerprint density at radius 3 is 1.79 bits per heavy atom. The third kappa shape index (κ3) is 5.08. The van der Waals surface area contributed by atoms with Crippen LogP contribution >= 0.6 is 0 Å². The lowest BCUT2D eigenvalue weighted by Gasteiger charge is -2.28. The second-order valence-corrected chi connectivity index (χ2v) is 5.17. The van der Waals surface area contributed by atoms with Crippen LogP contribution in [0.2, 0.25) is 0 Å². The van der Waals surface area contributed by atoms with Crippen molar-refractivity contribution < 1.29 is 28.6 Å². The molecule has 0 aliphatic rings. The van der Waals surface area contributed by atoms with E-state index >= 15 is 0 Å². The molecule has 0 bridgehead atoms. The minimum absolute atomic E-state index is 0.00429. The standard InChI is InChI=1S/C18H24O6/c1-4-22-15(19)13-18(16(20)23-5-2,17(21)24-6-3)12-14-10-8-7-9-11-14/h7-11H,4-6,12-13H2,1-3H3. The Morgan fingerprint density at radius 2 is 1.33 bits per heavy atom. The summed E-state index contributed by atoms with van der Waals surface area (Å²) in [6.45, 7) is 5.29. The highest BCUT2D eigenvalue weighted by Crippen LogP contribution is 2.32. The van der Waals surface area contributed by atoms with Crippen molar-refractivity contribution in [1.82, 2.24) is 0 Å². The molecule has 1 aromatic rings. The molecule has 0 aliphatic heterocycles. The van der Waals surface area contributed by atoms with Crippen molar-refractivity contribution in [1.29, 1.82) is 0 Å². The minimum atomic E-state index is -1.75. The van der Waals surface area contributed by atoms with E-state index in [0.29, 0.717) is 0 Å². The van der Waals surface area contributed by atoms with Crippen molar-refractivity contribution in [3.8, 4) is 0 Å². The lowest BCUT2D eigenvalue weighted by atomic mass is 9.78. The van der Waals surface area contributed by atoms with Gasteiger partial charge in [0, 0.05) is 0 Å². The van der Waals surface area contributed by atoms with Crippen molar-refractivity contribution in [3.63, 3.8) is 0 Å². The fourth-order valence-electron chi connectivity index (χ4n) is 2.38. The van der Waals surface area contributed by atoms with Crippen LogP contribution in [0.1, 0.15) is 32.8 Å². The number of hydrogen-bond donors (Lipinski definition) is 0. The van der Waals surface area contributed by atoms with Gasteiger partial charge in [0.25, 0.3) is 0 Å². The van der Waals surface area contributed by atoms with Crippen LogP contribution in [-0.4, -0.2) is 37.7 Å². The molecule has 0 saturated carbocycles. The van der Waals surface area contributed by atoms with E-state index in [4.69, 9.17) is 14.2 Å². The van der Waals surface area contributed by atoms with Gasteiger partial charge in [-0.15, -0.1) is 0 Å². The van der Waals surface area contributed by atoms with Crippen molar-refractivity contribution in [2.24, 2.45) is 5.41 Å². The first-order valence-electron chi connectivity index (χ1n) is 8.04. The first kappa shape index (κ1) is 19.7. The first-order chi connectivity index (χ1) is 11.5. The molecule has 0 radical (unpaired) electrons. The van der Waals surface area contributed by atoms with Crippen LogP contribution in [0.4, 0.5) is 0 Å². The Morgan fingerprint density at radius 1 is 0.833 bits per heavy atom. The van der Waals surface area contributed by atoms with Gasteiger partial charge in [0.1, 0.15) is 0 Å². The second-order valence-electron chi connectivity index (χ2n) is 5.17. The lowest BCUT2D eigenvalue weighted by Crippen LogP contribution is -2.46. The molecule has 0 N–H and O–H groups in total. The monoisotopic (exact) mass is 336 g/mol. The summed E-state index contributed by atoms with van der Waals surface area (Å²) in [6.07, 6.45) is -0.419. The summed E-state index contributed by atoms with van der Waals surface area (Å²) in [4.78, 5) is 37.2. The Kier molecular flexibility index (Phi) is 7.95. The molecule has 6 nitrogen and oxygen atoms in total. The first-order valence-corrected chi connectivity index (χ1v) is 8.04. The van der Waals surface area contributed by atoms with E-state index < -0.39 is 29.7 Å². The predicted octanol–water partition coefficient (Wildman–Crippen LogP) is 2.29. The molecule has 24 heavy (non-hydrogen) atoms. The molecule has 0 aromatic heterocycles. The Hall–Kier alpha value is -2.37. The van der Waals surface area contributed by atoms with Crippen LogP contribution in [0.25, 0.3) is 0 Å². The van der Waals surface area contributed by atoms with Gasteiger partial charge in [-0.2, -0.15) is 0 Å². The van der Waals surface area contributed by atoms with Gasteiger partial charge in [-0.05, 0) is 32.8 Å². The molecule has 0 spiro atoms. The number of ether oxygens (including phenoxy) is 3. The van der Waals surface area contributed by atoms with Crippen molar-refractivity contribution >= 4 is 17.9 Å². The summed E-state index contributed by atoms with van der Waals surface area (Å²) in [5, 5.41) is 0. The molecule has 132 valence electrons. The zero-order valence-electron chi connectivity index (χ0n) is 14.4. The third-order valence-corrected chi connectivity index (χ3v) is 3.43. The molecule has 0 heterocycles. The number of carbonyl (C=O) groups excluding carboxylic acids is 3. The molecule has 0 amide bonds. The van der Waals surface area contributed by atoms with E-state index in [1.165, 1.54) is 0 Å². The fourth-order valence-corrected chi connectivity index (χ4v) is 2.38. The van der Waals surface area contributed by atoms with Gasteiger partial charge in [-0.25, -0.2) is 0 Å². The van der Waals surface area contributed by atoms with Crippen LogP contribution in [0, 0.1) is 5.41 Å². The second kappa shape index (κ2) is 9.70. The van der Waals surface area contributed by atoms with Gasteiger partial charge < -0.3 is 14.2 Å². The summed E-state index contributed by atoms with van der Waals surface area (Å²) in [5.74, 6) is -2.20. The van der Waals surface area contributed by atoms with E-state index in [1.807, 2.05) is 6.07 Å². The number of hydrogen-bond acceptors (Lipinski definition) is 6. The van der Waals surface area contributed by atoms with Crippen molar-refractivity contribution in [2.75, 3.05) is 19.8 Å². The van der Waals surface area contributed by atoms with Gasteiger partial charge in [0.15, 0.2) is 5.41 Å². The highest BCUT2D eigenvalue weighted by atomic mass is 16.6. The van der Waals surface area contributed by atoms with Gasteiger partial charge in [-0.3, -0.25) is 14.4 Å². The SMILES string of the molecule is CCOC(=O)CC(Cc1ccccc1)(C(=O)OCC)C(=O)OCC. The average Bonchev–Trinajstić information content (AvgIpc) is 2.55. The number of benzene rings is 1. The molecular weight excluding hydrogens is 312 g/mol. The zero-order chi connectivity index (χ0) is 18.0. The van der Waals surface area contributed by atoms with E-state index in [1.54, 1.807) is 45.0 Å². The highest BCUT2D eigenvalue weighted by molar-refractivity contribution is 6.03. The minimum Gasteiger partial charge on any atom is -0.466 e. The van der Waals surface area contributed by atoms with Crippen LogP contribution in [0.15, 0.2) is 30.3 Å². The van der Waals surface area contributed by atoms with Crippen LogP contribution in [0.3, 0.4) is 0 Å². The molecule has 0 aliphatic carbocycles. The maximum Gasteiger partial charge on any atom is 0.324 e. The summed E-state index contributed by atoms with van der Waals surface area (Å²) in [7, 11) is 0. The third-order valence-electron chi connectivity index (χ3n) is 3.43. The maximum atomic E-state index is 12.6. The molecule has 1 rings (SSSR count). The molecular formula is C18H24O6. The number of rotatable bonds is 9. The summed E-state index contributed by atoms with van der Waals surface area (Å²) < 4.78 is 15.1. The molecule has 0 atom stereocenters. The average molecular weight is 336 g/mol. The number of carbonyl (C=O) groups is 3. The Bertz CT molecular complexity index is 534. The van der Waals surface area contributed by atoms with Crippen LogP contribution in [0.5, 0.6) is 0 Å². The van der Waals surface area contributed by atoms with Crippen LogP contribution in [-0.2, 0) is 35.0 Å². The topological polar surface area (TPSA) is 78.9 Å². The van der Waals surface area contributed by atoms with E-state index in [-0.39, 0.29) is 26.2 Å². The Balaban J connectivity index is 3.27. The smallest absolute Gasteiger partial charge is 0.324 e. The van der Waals surface area contributed by atoms with Gasteiger partial charge in [-0.1, -0.05) is 30.3 Å². The normalized spacial score (nSPS) is 10.8. The largest absolute Gasteiger partial charge is 0.466 e. The lowest BCUT2D eigenvalue weighted by molar-refractivity contribution is -0.177. The highest BCUT2D eigenvalue weighted by Gasteiger charge is 2.51. The maximum absolute atomic E-state index is 12.6. The van der Waals surface area contributed by atoms with Gasteiger partial charge >= 0.3 is 17.9 Å². The molecule has 0 saturated heterocycles. The van der Waals surface area contributed by atoms with E-state index in [0.717, 1.165) is 5.56 Å². The molecule has 1 aromatic carbocycles. The van der Waals surface area contributed by atoms with Crippen molar-refractivity contribution in [3.05, 3.63) is 35.9 Å². The van der Waals surface area contributed by atoms with Gasteiger partial charge in [0.2, 0.25) is 0 Å². The fraction of sp³-hybridized carbons (Fsp3) is 0.500. The molecule has 0 fully saturated rings. The van der Waals surface area contributed by atoms with E-state index in [9.17, 15) is 14.4 Å². The summed E-state index contributed by atoms with van der Waals surface area (Å²) in [6, 6.07) is 8.96. The van der Waals surface area contributed by atoms with Crippen molar-refractivity contribution in [2.45, 2.75) is 33.6 Å². The summed E-state index contributed by atoms with van der Waals surface area (Å²) in [5.41, 5.74) is -1.03. The number of esters is 3. The van der Waals surface area contributed by atoms with Crippen LogP contribution < -0.4 is 0 Å². The van der Waals surface area contributed by atoms with E-state index in [2.05, 4.69) is 0 Å². The predicted molar refractivity (Wildman–Crippen MR) is 87.1 cm³/mol. The molecule has 0 unspecified atom stereocenters.